The van der Waals surface area contributed by atoms with Crippen LogP contribution in [0.25, 0.3) is 0 Å². The number of aromatic hydroxyl groups is 3. The van der Waals surface area contributed by atoms with Gasteiger partial charge in [-0.05, 0) is 12.1 Å². The normalized spacial score (nSPS) is 23.6. The van der Waals surface area contributed by atoms with Crippen LogP contribution in [0.5, 0.6) is 17.2 Å². The Kier molecular flexibility index (Phi) is 4.99. The van der Waals surface area contributed by atoms with Gasteiger partial charge in [0, 0.05) is 0 Å². The molecule has 0 radical (unpaired) electrons. The molecular formula is C14H14O11. The van der Waals surface area contributed by atoms with Gasteiger partial charge < -0.3 is 39.7 Å². The summed E-state index contributed by atoms with van der Waals surface area (Å²) in [6.07, 6.45) is -7.44. The van der Waals surface area contributed by atoms with Crippen molar-refractivity contribution in [2.75, 3.05) is 7.11 Å². The fourth-order valence-corrected chi connectivity index (χ4v) is 2.11. The number of phenols is 3. The van der Waals surface area contributed by atoms with E-state index in [-0.39, 0.29) is 0 Å². The number of aliphatic hydroxyl groups is 2. The van der Waals surface area contributed by atoms with E-state index in [0.29, 0.717) is 0 Å². The summed E-state index contributed by atoms with van der Waals surface area (Å²) in [6, 6.07) is 1.51. The van der Waals surface area contributed by atoms with Crippen LogP contribution in [0.2, 0.25) is 0 Å². The molecule has 11 nitrogen and oxygen atoms in total. The molecular weight excluding hydrogens is 344 g/mol. The van der Waals surface area contributed by atoms with Gasteiger partial charge in [0.25, 0.3) is 0 Å². The summed E-state index contributed by atoms with van der Waals surface area (Å²) in [6.45, 7) is 0. The number of phenolic OH excluding ortho intramolecular Hbond substituents is 3. The first-order valence-electron chi connectivity index (χ1n) is 6.77. The molecule has 11 heteroatoms. The van der Waals surface area contributed by atoms with Gasteiger partial charge in [-0.1, -0.05) is 0 Å². The van der Waals surface area contributed by atoms with Gasteiger partial charge in [0.2, 0.25) is 6.10 Å². The molecule has 25 heavy (non-hydrogen) atoms. The average Bonchev–Trinajstić information content (AvgIpc) is 2.85. The minimum absolute atomic E-state index is 0.440. The molecule has 1 fully saturated rings. The van der Waals surface area contributed by atoms with Gasteiger partial charge in [-0.2, -0.15) is 0 Å². The van der Waals surface area contributed by atoms with Crippen LogP contribution in [0.3, 0.4) is 0 Å². The van der Waals surface area contributed by atoms with Crippen molar-refractivity contribution in [2.45, 2.75) is 24.4 Å². The SMILES string of the molecule is COC(=O)[C@@H](O)[C@@H]1OC(=O)[C@H](OC(=O)c2cc(O)c(O)c(O)c2)[C@H]1O. The fourth-order valence-electron chi connectivity index (χ4n) is 2.11. The number of cyclic esters (lactones) is 1. The van der Waals surface area contributed by atoms with Crippen molar-refractivity contribution in [3.63, 3.8) is 0 Å². The topological polar surface area (TPSA) is 180 Å². The number of aliphatic hydroxyl groups excluding tert-OH is 2. The molecule has 1 aliphatic rings. The lowest BCUT2D eigenvalue weighted by molar-refractivity contribution is -0.164. The highest BCUT2D eigenvalue weighted by Gasteiger charge is 2.51. The molecule has 0 aromatic heterocycles. The lowest BCUT2D eigenvalue weighted by Crippen LogP contribution is -2.44. The predicted molar refractivity (Wildman–Crippen MR) is 74.5 cm³/mol. The highest BCUT2D eigenvalue weighted by atomic mass is 16.6. The monoisotopic (exact) mass is 358 g/mol. The molecule has 5 N–H and O–H groups in total. The summed E-state index contributed by atoms with van der Waals surface area (Å²) in [5.41, 5.74) is -0.440. The van der Waals surface area contributed by atoms with Crippen molar-refractivity contribution in [3.05, 3.63) is 17.7 Å². The zero-order chi connectivity index (χ0) is 18.9. The molecule has 2 rings (SSSR count). The van der Waals surface area contributed by atoms with Crippen molar-refractivity contribution in [1.82, 2.24) is 0 Å². The maximum absolute atomic E-state index is 12.0. The minimum atomic E-state index is -1.99. The third-order valence-electron chi connectivity index (χ3n) is 3.42. The summed E-state index contributed by atoms with van der Waals surface area (Å²) < 4.78 is 13.6. The molecule has 0 spiro atoms. The Hall–Kier alpha value is -3.05. The van der Waals surface area contributed by atoms with Gasteiger partial charge in [-0.15, -0.1) is 0 Å². The third-order valence-corrected chi connectivity index (χ3v) is 3.42. The smallest absolute Gasteiger partial charge is 0.350 e. The number of ether oxygens (including phenoxy) is 3. The van der Waals surface area contributed by atoms with Gasteiger partial charge >= 0.3 is 17.9 Å². The molecule has 0 aliphatic carbocycles. The van der Waals surface area contributed by atoms with Crippen molar-refractivity contribution in [1.29, 1.82) is 0 Å². The Morgan fingerprint density at radius 3 is 2.28 bits per heavy atom. The molecule has 1 saturated heterocycles. The lowest BCUT2D eigenvalue weighted by atomic mass is 10.1. The van der Waals surface area contributed by atoms with E-state index in [1.165, 1.54) is 0 Å². The van der Waals surface area contributed by atoms with Gasteiger partial charge in [-0.25, -0.2) is 14.4 Å². The standard InChI is InChI=1S/C14H14O11/c1-23-13(21)9(19)10-8(18)11(14(22)24-10)25-12(20)4-2-5(15)7(17)6(16)3-4/h2-3,8-11,15-19H,1H3/t8-,9-,10+,11+/m0/s1. The summed E-state index contributed by atoms with van der Waals surface area (Å²) in [5.74, 6) is -6.14. The first kappa shape index (κ1) is 18.3. The number of methoxy groups -OCH3 is 1. The van der Waals surface area contributed by atoms with Crippen LogP contribution in [-0.4, -0.2) is 75.0 Å². The second-order valence-electron chi connectivity index (χ2n) is 5.05. The van der Waals surface area contributed by atoms with E-state index in [4.69, 9.17) is 4.74 Å². The summed E-state index contributed by atoms with van der Waals surface area (Å²) in [4.78, 5) is 34.9. The van der Waals surface area contributed by atoms with Crippen LogP contribution in [-0.2, 0) is 23.8 Å². The number of benzene rings is 1. The fraction of sp³-hybridized carbons (Fsp3) is 0.357. The van der Waals surface area contributed by atoms with Gasteiger partial charge in [0.15, 0.2) is 29.5 Å². The molecule has 4 atom stereocenters. The second-order valence-corrected chi connectivity index (χ2v) is 5.05. The second kappa shape index (κ2) is 6.83. The van der Waals surface area contributed by atoms with Crippen LogP contribution in [0, 0.1) is 0 Å². The van der Waals surface area contributed by atoms with Crippen molar-refractivity contribution >= 4 is 17.9 Å². The number of esters is 3. The van der Waals surface area contributed by atoms with E-state index in [2.05, 4.69) is 9.47 Å². The van der Waals surface area contributed by atoms with E-state index in [1.54, 1.807) is 0 Å². The van der Waals surface area contributed by atoms with E-state index >= 15 is 0 Å². The Bertz CT molecular complexity index is 690. The van der Waals surface area contributed by atoms with Crippen molar-refractivity contribution in [2.24, 2.45) is 0 Å². The summed E-state index contributed by atoms with van der Waals surface area (Å²) in [7, 11) is 0.968. The maximum atomic E-state index is 12.0. The van der Waals surface area contributed by atoms with Crippen LogP contribution in [0.4, 0.5) is 0 Å². The minimum Gasteiger partial charge on any atom is -0.504 e. The largest absolute Gasteiger partial charge is 0.504 e. The molecule has 1 aliphatic heterocycles. The van der Waals surface area contributed by atoms with Crippen LogP contribution in [0.1, 0.15) is 10.4 Å². The number of carbonyl (C=O) groups excluding carboxylic acids is 3. The number of carbonyl (C=O) groups is 3. The third kappa shape index (κ3) is 3.41. The Labute approximate surface area is 139 Å². The Morgan fingerprint density at radius 2 is 1.76 bits per heavy atom. The van der Waals surface area contributed by atoms with Crippen LogP contribution < -0.4 is 0 Å². The van der Waals surface area contributed by atoms with E-state index in [1.807, 2.05) is 0 Å². The van der Waals surface area contributed by atoms with E-state index in [9.17, 15) is 39.9 Å². The molecule has 0 saturated carbocycles. The Morgan fingerprint density at radius 1 is 1.20 bits per heavy atom. The summed E-state index contributed by atoms with van der Waals surface area (Å²) >= 11 is 0. The molecule has 136 valence electrons. The van der Waals surface area contributed by atoms with Gasteiger partial charge in [0.1, 0.15) is 6.10 Å². The predicted octanol–water partition coefficient (Wildman–Crippen LogP) is -1.85. The van der Waals surface area contributed by atoms with Crippen LogP contribution in [0.15, 0.2) is 12.1 Å². The number of hydrogen-bond donors (Lipinski definition) is 5. The molecule has 0 unspecified atom stereocenters. The maximum Gasteiger partial charge on any atom is 0.350 e. The lowest BCUT2D eigenvalue weighted by Gasteiger charge is -2.18. The molecule has 0 amide bonds. The average molecular weight is 358 g/mol. The zero-order valence-electron chi connectivity index (χ0n) is 12.6. The zero-order valence-corrected chi connectivity index (χ0v) is 12.6. The number of rotatable bonds is 4. The van der Waals surface area contributed by atoms with Crippen molar-refractivity contribution < 1.29 is 54.1 Å². The highest BCUT2D eigenvalue weighted by Crippen LogP contribution is 2.35. The molecule has 1 heterocycles. The first-order chi connectivity index (χ1) is 11.7. The number of hydrogen-bond acceptors (Lipinski definition) is 11. The van der Waals surface area contributed by atoms with E-state index in [0.717, 1.165) is 19.2 Å². The van der Waals surface area contributed by atoms with Crippen LogP contribution >= 0.6 is 0 Å². The molecule has 0 bridgehead atoms. The van der Waals surface area contributed by atoms with Gasteiger partial charge in [0.05, 0.1) is 12.7 Å². The first-order valence-corrected chi connectivity index (χ1v) is 6.77. The Balaban J connectivity index is 2.16. The van der Waals surface area contributed by atoms with Gasteiger partial charge in [-0.3, -0.25) is 0 Å². The van der Waals surface area contributed by atoms with Crippen molar-refractivity contribution in [3.8, 4) is 17.2 Å². The molecule has 1 aromatic rings. The highest BCUT2D eigenvalue weighted by molar-refractivity contribution is 5.93. The molecule has 1 aromatic carbocycles. The quantitative estimate of drug-likeness (QED) is 0.231. The van der Waals surface area contributed by atoms with E-state index < -0.39 is 65.1 Å². The summed E-state index contributed by atoms with van der Waals surface area (Å²) in [5, 5.41) is 47.5.